The number of nitrogens with zero attached hydrogens (tertiary/aromatic N) is 2. The summed E-state index contributed by atoms with van der Waals surface area (Å²) in [5.41, 5.74) is 2.38. The van der Waals surface area contributed by atoms with Crippen LogP contribution in [0.2, 0.25) is 0 Å². The Kier molecular flexibility index (Phi) is 15.6. The summed E-state index contributed by atoms with van der Waals surface area (Å²) in [5.74, 6) is 0.889. The van der Waals surface area contributed by atoms with E-state index in [-0.39, 0.29) is 24.0 Å². The quantitative estimate of drug-likeness (QED) is 0.264. The predicted octanol–water partition coefficient (Wildman–Crippen LogP) is 4.02. The highest BCUT2D eigenvalue weighted by atomic mass is 127. The Bertz CT molecular complexity index is 521. The van der Waals surface area contributed by atoms with Crippen LogP contribution in [0.4, 0.5) is 0 Å². The zero-order chi connectivity index (χ0) is 19.2. The Labute approximate surface area is 183 Å². The molecular formula is C21H39IN4O. The second-order valence-corrected chi connectivity index (χ2v) is 6.66. The number of aliphatic imine (C=N–C) groups is 1. The van der Waals surface area contributed by atoms with Crippen LogP contribution in [0.3, 0.4) is 0 Å². The minimum atomic E-state index is 0. The molecule has 6 heteroatoms. The van der Waals surface area contributed by atoms with Gasteiger partial charge in [-0.2, -0.15) is 0 Å². The van der Waals surface area contributed by atoms with Gasteiger partial charge in [-0.15, -0.1) is 24.0 Å². The lowest BCUT2D eigenvalue weighted by atomic mass is 10.1. The first kappa shape index (κ1) is 26.1. The van der Waals surface area contributed by atoms with E-state index in [4.69, 9.17) is 9.73 Å². The summed E-state index contributed by atoms with van der Waals surface area (Å²) in [6.45, 7) is 14.4. The van der Waals surface area contributed by atoms with Crippen molar-refractivity contribution in [3.05, 3.63) is 35.4 Å². The number of nitrogens with one attached hydrogen (secondary N) is 2. The molecule has 0 saturated carbocycles. The highest BCUT2D eigenvalue weighted by molar-refractivity contribution is 14.0. The molecule has 0 aromatic heterocycles. The summed E-state index contributed by atoms with van der Waals surface area (Å²) in [4.78, 5) is 7.21. The summed E-state index contributed by atoms with van der Waals surface area (Å²) in [6, 6.07) is 8.82. The SMILES string of the molecule is CCNC(=NCc1cccc(COC)c1)NC(C)CCCN(CC)CC.I. The van der Waals surface area contributed by atoms with Crippen LogP contribution in [-0.4, -0.2) is 50.2 Å². The second kappa shape index (κ2) is 16.1. The highest BCUT2D eigenvalue weighted by Gasteiger charge is 2.06. The topological polar surface area (TPSA) is 48.9 Å². The van der Waals surface area contributed by atoms with Crippen molar-refractivity contribution < 1.29 is 4.74 Å². The smallest absolute Gasteiger partial charge is 0.191 e. The van der Waals surface area contributed by atoms with Gasteiger partial charge in [0.1, 0.15) is 0 Å². The van der Waals surface area contributed by atoms with Gasteiger partial charge in [0.05, 0.1) is 13.2 Å². The molecule has 0 radical (unpaired) electrons. The van der Waals surface area contributed by atoms with Gasteiger partial charge in [-0.1, -0.05) is 38.1 Å². The fraction of sp³-hybridized carbons (Fsp3) is 0.667. The minimum Gasteiger partial charge on any atom is -0.380 e. The van der Waals surface area contributed by atoms with Crippen molar-refractivity contribution in [3.8, 4) is 0 Å². The van der Waals surface area contributed by atoms with Crippen molar-refractivity contribution >= 4 is 29.9 Å². The molecule has 0 heterocycles. The maximum atomic E-state index is 5.21. The fourth-order valence-electron chi connectivity index (χ4n) is 2.94. The number of halogens is 1. The Hall–Kier alpha value is -0.860. The average Bonchev–Trinajstić information content (AvgIpc) is 2.64. The molecule has 1 atom stereocenters. The van der Waals surface area contributed by atoms with Gasteiger partial charge in [0.15, 0.2) is 5.96 Å². The van der Waals surface area contributed by atoms with E-state index < -0.39 is 0 Å². The Morgan fingerprint density at radius 2 is 1.89 bits per heavy atom. The molecule has 27 heavy (non-hydrogen) atoms. The van der Waals surface area contributed by atoms with Crippen molar-refractivity contribution in [2.75, 3.05) is 33.3 Å². The van der Waals surface area contributed by atoms with Gasteiger partial charge < -0.3 is 20.3 Å². The molecule has 0 aliphatic heterocycles. The number of ether oxygens (including phenoxy) is 1. The van der Waals surface area contributed by atoms with Gasteiger partial charge >= 0.3 is 0 Å². The van der Waals surface area contributed by atoms with Gasteiger partial charge in [-0.05, 0) is 57.5 Å². The molecule has 0 bridgehead atoms. The molecule has 2 N–H and O–H groups in total. The molecule has 0 spiro atoms. The minimum absolute atomic E-state index is 0. The van der Waals surface area contributed by atoms with Crippen molar-refractivity contribution in [2.45, 2.75) is 59.7 Å². The maximum Gasteiger partial charge on any atom is 0.191 e. The van der Waals surface area contributed by atoms with Crippen LogP contribution in [0.15, 0.2) is 29.3 Å². The third-order valence-corrected chi connectivity index (χ3v) is 4.46. The molecule has 156 valence electrons. The number of guanidine groups is 1. The number of hydrogen-bond donors (Lipinski definition) is 2. The average molecular weight is 490 g/mol. The fourth-order valence-corrected chi connectivity index (χ4v) is 2.94. The Morgan fingerprint density at radius 1 is 1.19 bits per heavy atom. The number of rotatable bonds is 12. The summed E-state index contributed by atoms with van der Waals surface area (Å²) in [7, 11) is 1.72. The summed E-state index contributed by atoms with van der Waals surface area (Å²) in [6.07, 6.45) is 2.35. The van der Waals surface area contributed by atoms with Crippen molar-refractivity contribution in [1.82, 2.24) is 15.5 Å². The first-order valence-electron chi connectivity index (χ1n) is 9.96. The lowest BCUT2D eigenvalue weighted by Crippen LogP contribution is -2.42. The molecule has 0 fully saturated rings. The number of methoxy groups -OCH3 is 1. The lowest BCUT2D eigenvalue weighted by Gasteiger charge is -2.21. The van der Waals surface area contributed by atoms with Crippen LogP contribution in [0.5, 0.6) is 0 Å². The van der Waals surface area contributed by atoms with Crippen LogP contribution in [0.1, 0.15) is 51.7 Å². The van der Waals surface area contributed by atoms with E-state index in [1.807, 2.05) is 0 Å². The molecule has 0 aliphatic carbocycles. The van der Waals surface area contributed by atoms with Crippen LogP contribution >= 0.6 is 24.0 Å². The Morgan fingerprint density at radius 3 is 2.52 bits per heavy atom. The molecule has 1 rings (SSSR count). The van der Waals surface area contributed by atoms with Crippen LogP contribution in [-0.2, 0) is 17.9 Å². The first-order chi connectivity index (χ1) is 12.6. The molecule has 1 aromatic rings. The lowest BCUT2D eigenvalue weighted by molar-refractivity contribution is 0.185. The van der Waals surface area contributed by atoms with Crippen LogP contribution in [0, 0.1) is 0 Å². The molecule has 1 unspecified atom stereocenters. The standard InChI is InChI=1S/C21H38N4O.HI/c1-6-22-21(24-18(4)11-10-14-25(7-2)8-3)23-16-19-12-9-13-20(15-19)17-26-5;/h9,12-13,15,18H,6-8,10-11,14,16-17H2,1-5H3,(H2,22,23,24);1H. The van der Waals surface area contributed by atoms with Crippen LogP contribution < -0.4 is 10.6 Å². The summed E-state index contributed by atoms with van der Waals surface area (Å²) >= 11 is 0. The third kappa shape index (κ3) is 11.5. The predicted molar refractivity (Wildman–Crippen MR) is 127 cm³/mol. The zero-order valence-corrected chi connectivity index (χ0v) is 20.1. The zero-order valence-electron chi connectivity index (χ0n) is 17.8. The van der Waals surface area contributed by atoms with E-state index in [1.54, 1.807) is 7.11 Å². The van der Waals surface area contributed by atoms with E-state index >= 15 is 0 Å². The van der Waals surface area contributed by atoms with Gasteiger partial charge in [0, 0.05) is 19.7 Å². The van der Waals surface area contributed by atoms with E-state index in [1.165, 1.54) is 24.1 Å². The van der Waals surface area contributed by atoms with Crippen molar-refractivity contribution in [1.29, 1.82) is 0 Å². The largest absolute Gasteiger partial charge is 0.380 e. The van der Waals surface area contributed by atoms with Crippen LogP contribution in [0.25, 0.3) is 0 Å². The van der Waals surface area contributed by atoms with E-state index in [0.717, 1.165) is 32.0 Å². The molecule has 0 saturated heterocycles. The Balaban J connectivity index is 0.00000676. The second-order valence-electron chi connectivity index (χ2n) is 6.66. The summed E-state index contributed by atoms with van der Waals surface area (Å²) in [5, 5.41) is 6.88. The van der Waals surface area contributed by atoms with Crippen molar-refractivity contribution in [3.63, 3.8) is 0 Å². The maximum absolute atomic E-state index is 5.21. The third-order valence-electron chi connectivity index (χ3n) is 4.46. The van der Waals surface area contributed by atoms with Gasteiger partial charge in [-0.3, -0.25) is 0 Å². The monoisotopic (exact) mass is 490 g/mol. The van der Waals surface area contributed by atoms with Gasteiger partial charge in [-0.25, -0.2) is 4.99 Å². The highest BCUT2D eigenvalue weighted by Crippen LogP contribution is 2.08. The molecule has 0 aliphatic rings. The molecule has 5 nitrogen and oxygen atoms in total. The van der Waals surface area contributed by atoms with Gasteiger partial charge in [0.25, 0.3) is 0 Å². The van der Waals surface area contributed by atoms with Gasteiger partial charge in [0.2, 0.25) is 0 Å². The molecular weight excluding hydrogens is 451 g/mol. The summed E-state index contributed by atoms with van der Waals surface area (Å²) < 4.78 is 5.21. The normalized spacial score (nSPS) is 12.6. The molecule has 0 amide bonds. The molecule has 1 aromatic carbocycles. The first-order valence-corrected chi connectivity index (χ1v) is 9.96. The number of hydrogen-bond acceptors (Lipinski definition) is 3. The van der Waals surface area contributed by atoms with E-state index in [9.17, 15) is 0 Å². The van der Waals surface area contributed by atoms with E-state index in [2.05, 4.69) is 67.5 Å². The van der Waals surface area contributed by atoms with E-state index in [0.29, 0.717) is 19.2 Å². The van der Waals surface area contributed by atoms with Crippen molar-refractivity contribution in [2.24, 2.45) is 4.99 Å². The number of benzene rings is 1.